The third kappa shape index (κ3) is 3.82. The monoisotopic (exact) mass is 350 g/mol. The van der Waals surface area contributed by atoms with Gasteiger partial charge in [0, 0.05) is 6.07 Å². The van der Waals surface area contributed by atoms with E-state index in [0.29, 0.717) is 17.2 Å². The molecule has 0 amide bonds. The molecule has 0 aliphatic rings. The Labute approximate surface area is 143 Å². The molecule has 130 valence electrons. The molecule has 0 saturated carbocycles. The molecule has 0 heterocycles. The fraction of sp³-hybridized carbons (Fsp3) is 0.333. The Balaban J connectivity index is 2.44. The summed E-state index contributed by atoms with van der Waals surface area (Å²) in [6.07, 6.45) is 0. The van der Waals surface area contributed by atoms with Crippen molar-refractivity contribution in [3.63, 3.8) is 0 Å². The molecule has 0 fully saturated rings. The van der Waals surface area contributed by atoms with Crippen LogP contribution in [0.1, 0.15) is 30.9 Å². The highest BCUT2D eigenvalue weighted by atomic mass is 32.2. The first-order chi connectivity index (χ1) is 11.3. The maximum atomic E-state index is 12.6. The van der Waals surface area contributed by atoms with Crippen LogP contribution in [0, 0.1) is 6.92 Å². The predicted molar refractivity (Wildman–Crippen MR) is 92.6 cm³/mol. The van der Waals surface area contributed by atoms with E-state index in [4.69, 9.17) is 13.7 Å². The minimum atomic E-state index is -3.98. The Bertz CT molecular complexity index is 825. The zero-order chi connectivity index (χ0) is 17.9. The molecule has 24 heavy (non-hydrogen) atoms. The molecule has 6 heteroatoms. The summed E-state index contributed by atoms with van der Waals surface area (Å²) in [5.41, 5.74) is 1.77. The van der Waals surface area contributed by atoms with E-state index in [-0.39, 0.29) is 10.8 Å². The van der Waals surface area contributed by atoms with Crippen molar-refractivity contribution in [3.05, 3.63) is 47.5 Å². The first-order valence-electron chi connectivity index (χ1n) is 7.55. The van der Waals surface area contributed by atoms with Crippen LogP contribution in [0.5, 0.6) is 17.2 Å². The Morgan fingerprint density at radius 1 is 0.875 bits per heavy atom. The van der Waals surface area contributed by atoms with Gasteiger partial charge in [0.2, 0.25) is 0 Å². The molecule has 0 N–H and O–H groups in total. The Morgan fingerprint density at radius 2 is 1.54 bits per heavy atom. The van der Waals surface area contributed by atoms with Gasteiger partial charge in [-0.15, -0.1) is 0 Å². The lowest BCUT2D eigenvalue weighted by Gasteiger charge is -2.15. The zero-order valence-electron chi connectivity index (χ0n) is 14.5. The maximum absolute atomic E-state index is 12.6. The van der Waals surface area contributed by atoms with Gasteiger partial charge in [0.05, 0.1) is 14.2 Å². The average Bonchev–Trinajstić information content (AvgIpc) is 2.53. The minimum absolute atomic E-state index is 0.0105. The summed E-state index contributed by atoms with van der Waals surface area (Å²) < 4.78 is 41.0. The SMILES string of the molecule is COc1ccc(S(=O)(=O)Oc2cc(C)ccc2C(C)C)cc1OC. The van der Waals surface area contributed by atoms with Gasteiger partial charge in [-0.25, -0.2) is 0 Å². The summed E-state index contributed by atoms with van der Waals surface area (Å²) in [6, 6.07) is 9.91. The molecule has 0 unspecified atom stereocenters. The number of hydrogen-bond donors (Lipinski definition) is 0. The van der Waals surface area contributed by atoms with Crippen molar-refractivity contribution in [2.24, 2.45) is 0 Å². The molecule has 2 rings (SSSR count). The molecule has 0 bridgehead atoms. The van der Waals surface area contributed by atoms with Crippen LogP contribution in [0.4, 0.5) is 0 Å². The van der Waals surface area contributed by atoms with Crippen LogP contribution in [-0.2, 0) is 10.1 Å². The summed E-state index contributed by atoms with van der Waals surface area (Å²) in [5.74, 6) is 1.27. The lowest BCUT2D eigenvalue weighted by Crippen LogP contribution is -2.12. The van der Waals surface area contributed by atoms with Crippen molar-refractivity contribution in [2.75, 3.05) is 14.2 Å². The average molecular weight is 350 g/mol. The summed E-state index contributed by atoms with van der Waals surface area (Å²) in [5, 5.41) is 0. The summed E-state index contributed by atoms with van der Waals surface area (Å²) in [7, 11) is -1.04. The van der Waals surface area contributed by atoms with Gasteiger partial charge >= 0.3 is 10.1 Å². The molecule has 0 radical (unpaired) electrons. The van der Waals surface area contributed by atoms with Crippen molar-refractivity contribution in [1.29, 1.82) is 0 Å². The third-order valence-corrected chi connectivity index (χ3v) is 4.86. The number of methoxy groups -OCH3 is 2. The molecular weight excluding hydrogens is 328 g/mol. The second-order valence-electron chi connectivity index (χ2n) is 5.75. The highest BCUT2D eigenvalue weighted by Crippen LogP contribution is 2.33. The molecule has 2 aromatic rings. The van der Waals surface area contributed by atoms with Crippen LogP contribution in [0.15, 0.2) is 41.3 Å². The van der Waals surface area contributed by atoms with E-state index < -0.39 is 10.1 Å². The minimum Gasteiger partial charge on any atom is -0.493 e. The predicted octanol–water partition coefficient (Wildman–Crippen LogP) is 3.90. The largest absolute Gasteiger partial charge is 0.493 e. The van der Waals surface area contributed by atoms with E-state index in [2.05, 4.69) is 0 Å². The fourth-order valence-electron chi connectivity index (χ4n) is 2.33. The molecule has 0 spiro atoms. The van der Waals surface area contributed by atoms with Gasteiger partial charge in [-0.1, -0.05) is 26.0 Å². The van der Waals surface area contributed by atoms with Gasteiger partial charge in [-0.3, -0.25) is 0 Å². The summed E-state index contributed by atoms with van der Waals surface area (Å²) >= 11 is 0. The Hall–Kier alpha value is -2.21. The Morgan fingerprint density at radius 3 is 2.12 bits per heavy atom. The highest BCUT2D eigenvalue weighted by Gasteiger charge is 2.21. The first kappa shape index (κ1) is 18.1. The number of aryl methyl sites for hydroxylation is 1. The molecule has 0 saturated heterocycles. The molecule has 0 atom stereocenters. The van der Waals surface area contributed by atoms with Crippen LogP contribution in [0.25, 0.3) is 0 Å². The van der Waals surface area contributed by atoms with Crippen molar-refractivity contribution in [1.82, 2.24) is 0 Å². The molecule has 5 nitrogen and oxygen atoms in total. The van der Waals surface area contributed by atoms with Crippen molar-refractivity contribution >= 4 is 10.1 Å². The summed E-state index contributed by atoms with van der Waals surface area (Å²) in [4.78, 5) is 0.0105. The maximum Gasteiger partial charge on any atom is 0.339 e. The molecule has 0 aliphatic heterocycles. The van der Waals surface area contributed by atoms with Gasteiger partial charge < -0.3 is 13.7 Å². The standard InChI is InChI=1S/C18H22O5S/c1-12(2)15-8-6-13(3)10-17(15)23-24(19,20)14-7-9-16(21-4)18(11-14)22-5/h6-12H,1-5H3. The van der Waals surface area contributed by atoms with E-state index in [1.165, 1.54) is 32.4 Å². The normalized spacial score (nSPS) is 11.4. The van der Waals surface area contributed by atoms with Crippen LogP contribution in [-0.4, -0.2) is 22.6 Å². The molecule has 0 aromatic heterocycles. The topological polar surface area (TPSA) is 61.8 Å². The van der Waals surface area contributed by atoms with Gasteiger partial charge in [-0.2, -0.15) is 8.42 Å². The van der Waals surface area contributed by atoms with Crippen molar-refractivity contribution in [2.45, 2.75) is 31.6 Å². The van der Waals surface area contributed by atoms with Gasteiger partial charge in [0.1, 0.15) is 10.6 Å². The number of rotatable bonds is 6. The second-order valence-corrected chi connectivity index (χ2v) is 7.30. The van der Waals surface area contributed by atoms with E-state index in [1.807, 2.05) is 32.9 Å². The number of benzene rings is 2. The molecular formula is C18H22O5S. The molecule has 0 aliphatic carbocycles. The smallest absolute Gasteiger partial charge is 0.339 e. The fourth-order valence-corrected chi connectivity index (χ4v) is 3.29. The van der Waals surface area contributed by atoms with E-state index in [9.17, 15) is 8.42 Å². The number of hydrogen-bond acceptors (Lipinski definition) is 5. The first-order valence-corrected chi connectivity index (χ1v) is 8.96. The second kappa shape index (κ2) is 7.13. The van der Waals surface area contributed by atoms with Gasteiger partial charge in [0.15, 0.2) is 11.5 Å². The van der Waals surface area contributed by atoms with Crippen LogP contribution in [0.3, 0.4) is 0 Å². The zero-order valence-corrected chi connectivity index (χ0v) is 15.3. The lowest BCUT2D eigenvalue weighted by atomic mass is 10.0. The summed E-state index contributed by atoms with van der Waals surface area (Å²) in [6.45, 7) is 5.86. The van der Waals surface area contributed by atoms with E-state index in [0.717, 1.165) is 11.1 Å². The van der Waals surface area contributed by atoms with Crippen molar-refractivity contribution < 1.29 is 22.1 Å². The third-order valence-electron chi connectivity index (χ3n) is 3.63. The van der Waals surface area contributed by atoms with Crippen LogP contribution in [0.2, 0.25) is 0 Å². The lowest BCUT2D eigenvalue weighted by molar-refractivity contribution is 0.353. The van der Waals surface area contributed by atoms with Crippen molar-refractivity contribution in [3.8, 4) is 17.2 Å². The van der Waals surface area contributed by atoms with Gasteiger partial charge in [0.25, 0.3) is 0 Å². The van der Waals surface area contributed by atoms with Crippen LogP contribution >= 0.6 is 0 Å². The van der Waals surface area contributed by atoms with Crippen LogP contribution < -0.4 is 13.7 Å². The highest BCUT2D eigenvalue weighted by molar-refractivity contribution is 7.87. The molecule has 2 aromatic carbocycles. The van der Waals surface area contributed by atoms with E-state index >= 15 is 0 Å². The van der Waals surface area contributed by atoms with Gasteiger partial charge in [-0.05, 0) is 42.2 Å². The quantitative estimate of drug-likeness (QED) is 0.739. The number of ether oxygens (including phenoxy) is 2. The Kier molecular flexibility index (Phi) is 5.39. The van der Waals surface area contributed by atoms with E-state index in [1.54, 1.807) is 6.07 Å².